The summed E-state index contributed by atoms with van der Waals surface area (Å²) in [5, 5.41) is 3.76. The third-order valence-corrected chi connectivity index (χ3v) is 4.15. The molecule has 14 heavy (non-hydrogen) atoms. The van der Waals surface area contributed by atoms with Crippen LogP contribution in [0, 0.1) is 5.92 Å². The summed E-state index contributed by atoms with van der Waals surface area (Å²) in [4.78, 5) is 2.41. The molecule has 1 heterocycles. The van der Waals surface area contributed by atoms with Crippen molar-refractivity contribution in [2.24, 2.45) is 5.92 Å². The van der Waals surface area contributed by atoms with E-state index in [1.807, 2.05) is 0 Å². The van der Waals surface area contributed by atoms with E-state index < -0.39 is 0 Å². The van der Waals surface area contributed by atoms with E-state index in [1.165, 1.54) is 32.1 Å². The molecule has 0 aromatic heterocycles. The highest BCUT2D eigenvalue weighted by molar-refractivity contribution is 4.92. The Morgan fingerprint density at radius 1 is 1.07 bits per heavy atom. The van der Waals surface area contributed by atoms with Crippen LogP contribution in [-0.2, 0) is 0 Å². The van der Waals surface area contributed by atoms with Gasteiger partial charge >= 0.3 is 0 Å². The Morgan fingerprint density at radius 2 is 1.86 bits per heavy atom. The monoisotopic (exact) mass is 196 g/mol. The van der Waals surface area contributed by atoms with Crippen molar-refractivity contribution in [1.82, 2.24) is 10.2 Å². The van der Waals surface area contributed by atoms with E-state index >= 15 is 0 Å². The van der Waals surface area contributed by atoms with Crippen molar-refractivity contribution in [3.05, 3.63) is 0 Å². The molecule has 2 aliphatic rings. The zero-order chi connectivity index (χ0) is 10.1. The van der Waals surface area contributed by atoms with Gasteiger partial charge in [-0.2, -0.15) is 0 Å². The molecule has 1 saturated carbocycles. The largest absolute Gasteiger partial charge is 0.311 e. The van der Waals surface area contributed by atoms with Gasteiger partial charge in [-0.1, -0.05) is 0 Å². The molecule has 2 nitrogen and oxygen atoms in total. The molecule has 1 aliphatic carbocycles. The fourth-order valence-corrected chi connectivity index (χ4v) is 3.16. The van der Waals surface area contributed by atoms with Gasteiger partial charge in [-0.3, -0.25) is 0 Å². The first kappa shape index (κ1) is 10.4. The molecule has 0 radical (unpaired) electrons. The number of nitrogens with zero attached hydrogens (tertiary/aromatic N) is 1. The number of piperidine rings is 1. The molecule has 0 spiro atoms. The minimum Gasteiger partial charge on any atom is -0.311 e. The highest BCUT2D eigenvalue weighted by Gasteiger charge is 2.34. The van der Waals surface area contributed by atoms with Gasteiger partial charge in [-0.25, -0.2) is 0 Å². The van der Waals surface area contributed by atoms with E-state index in [0.29, 0.717) is 0 Å². The molecule has 2 fully saturated rings. The van der Waals surface area contributed by atoms with Gasteiger partial charge in [-0.05, 0) is 59.0 Å². The topological polar surface area (TPSA) is 15.3 Å². The molecule has 0 amide bonds. The van der Waals surface area contributed by atoms with Crippen LogP contribution in [0.1, 0.15) is 39.0 Å². The van der Waals surface area contributed by atoms with Crippen molar-refractivity contribution < 1.29 is 0 Å². The highest BCUT2D eigenvalue weighted by Crippen LogP contribution is 2.33. The second-order valence-corrected chi connectivity index (χ2v) is 5.44. The molecule has 1 N–H and O–H groups in total. The predicted molar refractivity (Wildman–Crippen MR) is 60.4 cm³/mol. The van der Waals surface area contributed by atoms with Crippen LogP contribution in [0.4, 0.5) is 0 Å². The molecule has 2 rings (SSSR count). The average Bonchev–Trinajstić information content (AvgIpc) is 2.16. The van der Waals surface area contributed by atoms with Gasteiger partial charge in [0, 0.05) is 18.1 Å². The second-order valence-electron chi connectivity index (χ2n) is 5.44. The van der Waals surface area contributed by atoms with Gasteiger partial charge in [0.1, 0.15) is 0 Å². The normalized spacial score (nSPS) is 43.7. The van der Waals surface area contributed by atoms with Gasteiger partial charge < -0.3 is 10.2 Å². The summed E-state index contributed by atoms with van der Waals surface area (Å²) >= 11 is 0. The lowest BCUT2D eigenvalue weighted by Crippen LogP contribution is -2.51. The Kier molecular flexibility index (Phi) is 3.13. The zero-order valence-electron chi connectivity index (χ0n) is 9.79. The van der Waals surface area contributed by atoms with E-state index in [2.05, 4.69) is 31.2 Å². The van der Waals surface area contributed by atoms with Crippen LogP contribution in [0.15, 0.2) is 0 Å². The number of rotatable bonds is 1. The Morgan fingerprint density at radius 3 is 2.57 bits per heavy atom. The fraction of sp³-hybridized carbons (Fsp3) is 1.00. The van der Waals surface area contributed by atoms with Crippen LogP contribution >= 0.6 is 0 Å². The van der Waals surface area contributed by atoms with Gasteiger partial charge in [-0.15, -0.1) is 0 Å². The Labute approximate surface area is 88.1 Å². The SMILES string of the molecule is CC1CCC2CC(N(C)C)CCC2N1. The lowest BCUT2D eigenvalue weighted by Gasteiger charge is -2.44. The van der Waals surface area contributed by atoms with Crippen molar-refractivity contribution >= 4 is 0 Å². The summed E-state index contributed by atoms with van der Waals surface area (Å²) in [6.45, 7) is 2.33. The van der Waals surface area contributed by atoms with Crippen molar-refractivity contribution in [2.75, 3.05) is 14.1 Å². The molecule has 1 aliphatic heterocycles. The Hall–Kier alpha value is -0.0800. The van der Waals surface area contributed by atoms with E-state index in [4.69, 9.17) is 0 Å². The van der Waals surface area contributed by atoms with Crippen LogP contribution in [0.3, 0.4) is 0 Å². The van der Waals surface area contributed by atoms with Gasteiger partial charge in [0.15, 0.2) is 0 Å². The summed E-state index contributed by atoms with van der Waals surface area (Å²) in [6, 6.07) is 2.42. The summed E-state index contributed by atoms with van der Waals surface area (Å²) in [5.74, 6) is 0.951. The maximum atomic E-state index is 3.76. The average molecular weight is 196 g/mol. The third-order valence-electron chi connectivity index (χ3n) is 4.15. The molecule has 4 unspecified atom stereocenters. The summed E-state index contributed by atoms with van der Waals surface area (Å²) in [7, 11) is 4.45. The van der Waals surface area contributed by atoms with Crippen LogP contribution in [0.25, 0.3) is 0 Å². The smallest absolute Gasteiger partial charge is 0.00989 e. The molecule has 0 aromatic carbocycles. The first-order valence-corrected chi connectivity index (χ1v) is 6.09. The van der Waals surface area contributed by atoms with E-state index in [1.54, 1.807) is 0 Å². The van der Waals surface area contributed by atoms with E-state index in [-0.39, 0.29) is 0 Å². The molecule has 82 valence electrons. The number of hydrogen-bond acceptors (Lipinski definition) is 2. The fourth-order valence-electron chi connectivity index (χ4n) is 3.16. The van der Waals surface area contributed by atoms with Gasteiger partial charge in [0.2, 0.25) is 0 Å². The lowest BCUT2D eigenvalue weighted by molar-refractivity contribution is 0.114. The van der Waals surface area contributed by atoms with Crippen LogP contribution in [0.5, 0.6) is 0 Å². The van der Waals surface area contributed by atoms with Crippen LogP contribution < -0.4 is 5.32 Å². The first-order chi connectivity index (χ1) is 6.66. The third kappa shape index (κ3) is 2.12. The molecule has 0 aromatic rings. The van der Waals surface area contributed by atoms with Crippen molar-refractivity contribution in [2.45, 2.75) is 57.2 Å². The summed E-state index contributed by atoms with van der Waals surface area (Å²) in [6.07, 6.45) is 7.01. The minimum absolute atomic E-state index is 0.757. The maximum absolute atomic E-state index is 3.76. The molecular weight excluding hydrogens is 172 g/mol. The van der Waals surface area contributed by atoms with Crippen molar-refractivity contribution in [1.29, 1.82) is 0 Å². The molecule has 1 saturated heterocycles. The number of hydrogen-bond donors (Lipinski definition) is 1. The lowest BCUT2D eigenvalue weighted by atomic mass is 9.75. The Balaban J connectivity index is 1.91. The maximum Gasteiger partial charge on any atom is 0.00989 e. The zero-order valence-corrected chi connectivity index (χ0v) is 9.79. The predicted octanol–water partition coefficient (Wildman–Crippen LogP) is 1.86. The van der Waals surface area contributed by atoms with Gasteiger partial charge in [0.05, 0.1) is 0 Å². The van der Waals surface area contributed by atoms with Gasteiger partial charge in [0.25, 0.3) is 0 Å². The van der Waals surface area contributed by atoms with E-state index in [9.17, 15) is 0 Å². The summed E-state index contributed by atoms with van der Waals surface area (Å²) in [5.41, 5.74) is 0. The standard InChI is InChI=1S/C12H24N2/c1-9-4-5-10-8-11(14(2)3)6-7-12(10)13-9/h9-13H,4-8H2,1-3H3. The van der Waals surface area contributed by atoms with Crippen LogP contribution in [0.2, 0.25) is 0 Å². The number of fused-ring (bicyclic) bond motifs is 1. The first-order valence-electron chi connectivity index (χ1n) is 6.09. The molecule has 2 heteroatoms. The molecule has 0 bridgehead atoms. The molecular formula is C12H24N2. The quantitative estimate of drug-likeness (QED) is 0.688. The summed E-state index contributed by atoms with van der Waals surface area (Å²) < 4.78 is 0. The highest BCUT2D eigenvalue weighted by atomic mass is 15.1. The minimum atomic E-state index is 0.757. The Bertz CT molecular complexity index is 191. The van der Waals surface area contributed by atoms with Crippen molar-refractivity contribution in [3.8, 4) is 0 Å². The second kappa shape index (κ2) is 4.19. The van der Waals surface area contributed by atoms with Crippen molar-refractivity contribution in [3.63, 3.8) is 0 Å². The number of nitrogens with one attached hydrogen (secondary N) is 1. The van der Waals surface area contributed by atoms with Crippen LogP contribution in [-0.4, -0.2) is 37.1 Å². The van der Waals surface area contributed by atoms with E-state index in [0.717, 1.165) is 24.0 Å². The molecule has 4 atom stereocenters.